The zero-order valence-corrected chi connectivity index (χ0v) is 11.2. The zero-order valence-electron chi connectivity index (χ0n) is 11.2. The summed E-state index contributed by atoms with van der Waals surface area (Å²) in [6.45, 7) is 4.30. The number of methoxy groups -OCH3 is 1. The van der Waals surface area contributed by atoms with Crippen LogP contribution >= 0.6 is 0 Å². The van der Waals surface area contributed by atoms with Crippen LogP contribution in [0.2, 0.25) is 0 Å². The van der Waals surface area contributed by atoms with Gasteiger partial charge in [-0.25, -0.2) is 4.79 Å². The van der Waals surface area contributed by atoms with Crippen LogP contribution in [-0.2, 0) is 9.53 Å². The number of carbonyl (C=O) groups is 1. The maximum Gasteiger partial charge on any atom is 0.327 e. The number of likely N-dealkylation sites (N-methyl/N-ethyl adjacent to an activating group) is 1. The summed E-state index contributed by atoms with van der Waals surface area (Å²) in [4.78, 5) is 13.6. The van der Waals surface area contributed by atoms with Crippen molar-refractivity contribution >= 4 is 5.97 Å². The Morgan fingerprint density at radius 2 is 1.59 bits per heavy atom. The zero-order chi connectivity index (χ0) is 13.0. The van der Waals surface area contributed by atoms with Gasteiger partial charge >= 0.3 is 5.97 Å². The molecule has 1 atom stereocenters. The molecule has 0 saturated carbocycles. The third-order valence-corrected chi connectivity index (χ3v) is 2.86. The Morgan fingerprint density at radius 1 is 1.12 bits per heavy atom. The van der Waals surface area contributed by atoms with Crippen LogP contribution in [0.1, 0.15) is 36.9 Å². The van der Waals surface area contributed by atoms with E-state index in [2.05, 4.69) is 26.0 Å². The molecule has 0 aliphatic rings. The van der Waals surface area contributed by atoms with Gasteiger partial charge in [0, 0.05) is 0 Å². The molecule has 17 heavy (non-hydrogen) atoms. The lowest BCUT2D eigenvalue weighted by Gasteiger charge is -2.22. The van der Waals surface area contributed by atoms with E-state index in [0.717, 1.165) is 5.56 Å². The van der Waals surface area contributed by atoms with Gasteiger partial charge in [-0.3, -0.25) is 4.90 Å². The predicted molar refractivity (Wildman–Crippen MR) is 69.0 cm³/mol. The summed E-state index contributed by atoms with van der Waals surface area (Å²) < 4.78 is 4.83. The Kier molecular flexibility index (Phi) is 4.70. The molecule has 0 aromatic heterocycles. The van der Waals surface area contributed by atoms with Gasteiger partial charge in [0.15, 0.2) is 0 Å². The van der Waals surface area contributed by atoms with Crippen molar-refractivity contribution in [3.63, 3.8) is 0 Å². The van der Waals surface area contributed by atoms with Crippen LogP contribution in [0.4, 0.5) is 0 Å². The number of esters is 1. The smallest absolute Gasteiger partial charge is 0.327 e. The maximum atomic E-state index is 11.7. The van der Waals surface area contributed by atoms with Crippen molar-refractivity contribution in [2.45, 2.75) is 25.8 Å². The SMILES string of the molecule is COC(=O)C(c1ccc(C(C)C)cc1)N(C)C. The van der Waals surface area contributed by atoms with Crippen LogP contribution in [0.15, 0.2) is 24.3 Å². The Labute approximate surface area is 103 Å². The van der Waals surface area contributed by atoms with Crippen LogP contribution in [-0.4, -0.2) is 32.1 Å². The normalized spacial score (nSPS) is 12.9. The molecule has 0 saturated heterocycles. The summed E-state index contributed by atoms with van der Waals surface area (Å²) in [5, 5.41) is 0. The third kappa shape index (κ3) is 3.30. The van der Waals surface area contributed by atoms with E-state index >= 15 is 0 Å². The number of nitrogens with zero attached hydrogens (tertiary/aromatic N) is 1. The first-order valence-electron chi connectivity index (χ1n) is 5.81. The van der Waals surface area contributed by atoms with Crippen LogP contribution in [0.5, 0.6) is 0 Å². The van der Waals surface area contributed by atoms with Gasteiger partial charge in [0.05, 0.1) is 7.11 Å². The molecule has 3 heteroatoms. The second-order valence-electron chi connectivity index (χ2n) is 4.71. The highest BCUT2D eigenvalue weighted by molar-refractivity contribution is 5.77. The Balaban J connectivity index is 3.00. The van der Waals surface area contributed by atoms with Gasteiger partial charge in [-0.1, -0.05) is 38.1 Å². The number of rotatable bonds is 4. The number of hydrogen-bond acceptors (Lipinski definition) is 3. The van der Waals surface area contributed by atoms with E-state index < -0.39 is 0 Å². The minimum absolute atomic E-state index is 0.229. The van der Waals surface area contributed by atoms with Crippen molar-refractivity contribution in [1.29, 1.82) is 0 Å². The van der Waals surface area contributed by atoms with Crippen molar-refractivity contribution in [3.05, 3.63) is 35.4 Å². The standard InChI is InChI=1S/C14H21NO2/c1-10(2)11-6-8-12(9-7-11)13(15(3)4)14(16)17-5/h6-10,13H,1-5H3. The number of ether oxygens (including phenoxy) is 1. The Morgan fingerprint density at radius 3 is 1.94 bits per heavy atom. The molecular formula is C14H21NO2. The molecule has 0 N–H and O–H groups in total. The Bertz CT molecular complexity index is 368. The minimum atomic E-state index is -0.332. The van der Waals surface area contributed by atoms with Crippen LogP contribution in [0.3, 0.4) is 0 Å². The van der Waals surface area contributed by atoms with Crippen molar-refractivity contribution in [2.24, 2.45) is 0 Å². The molecule has 3 nitrogen and oxygen atoms in total. The second-order valence-corrected chi connectivity index (χ2v) is 4.71. The minimum Gasteiger partial charge on any atom is -0.468 e. The lowest BCUT2D eigenvalue weighted by atomic mass is 9.99. The molecule has 0 bridgehead atoms. The van der Waals surface area contributed by atoms with Gasteiger partial charge < -0.3 is 4.74 Å². The van der Waals surface area contributed by atoms with Gasteiger partial charge in [0.1, 0.15) is 6.04 Å². The summed E-state index contributed by atoms with van der Waals surface area (Å²) in [5.74, 6) is 0.271. The first kappa shape index (κ1) is 13.7. The van der Waals surface area contributed by atoms with Crippen molar-refractivity contribution in [1.82, 2.24) is 4.90 Å². The molecule has 0 aliphatic carbocycles. The summed E-state index contributed by atoms with van der Waals surface area (Å²) in [5.41, 5.74) is 2.24. The second kappa shape index (κ2) is 5.82. The van der Waals surface area contributed by atoms with Crippen LogP contribution in [0, 0.1) is 0 Å². The van der Waals surface area contributed by atoms with Crippen LogP contribution < -0.4 is 0 Å². The molecule has 0 radical (unpaired) electrons. The summed E-state index contributed by atoms with van der Waals surface area (Å²) in [6, 6.07) is 7.80. The molecule has 0 fully saturated rings. The van der Waals surface area contributed by atoms with Gasteiger partial charge in [-0.2, -0.15) is 0 Å². The quantitative estimate of drug-likeness (QED) is 0.751. The molecule has 1 aromatic carbocycles. The van der Waals surface area contributed by atoms with Gasteiger partial charge in [-0.05, 0) is 31.1 Å². The lowest BCUT2D eigenvalue weighted by Crippen LogP contribution is -2.28. The molecule has 0 heterocycles. The molecule has 94 valence electrons. The Hall–Kier alpha value is -1.35. The summed E-state index contributed by atoms with van der Waals surface area (Å²) in [6.07, 6.45) is 0. The monoisotopic (exact) mass is 235 g/mol. The molecule has 0 aliphatic heterocycles. The number of benzene rings is 1. The summed E-state index contributed by atoms with van der Waals surface area (Å²) in [7, 11) is 5.16. The summed E-state index contributed by atoms with van der Waals surface area (Å²) >= 11 is 0. The highest BCUT2D eigenvalue weighted by atomic mass is 16.5. The predicted octanol–water partition coefficient (Wildman–Crippen LogP) is 2.59. The van der Waals surface area contributed by atoms with E-state index in [1.807, 2.05) is 31.1 Å². The van der Waals surface area contributed by atoms with E-state index in [0.29, 0.717) is 5.92 Å². The first-order chi connectivity index (χ1) is 7.97. The first-order valence-corrected chi connectivity index (χ1v) is 5.81. The largest absolute Gasteiger partial charge is 0.468 e. The third-order valence-electron chi connectivity index (χ3n) is 2.86. The fourth-order valence-corrected chi connectivity index (χ4v) is 1.82. The topological polar surface area (TPSA) is 29.5 Å². The molecule has 1 rings (SSSR count). The van der Waals surface area contributed by atoms with Crippen LogP contribution in [0.25, 0.3) is 0 Å². The van der Waals surface area contributed by atoms with Crippen molar-refractivity contribution < 1.29 is 9.53 Å². The van der Waals surface area contributed by atoms with E-state index in [-0.39, 0.29) is 12.0 Å². The molecule has 1 unspecified atom stereocenters. The number of hydrogen-bond donors (Lipinski definition) is 0. The fraction of sp³-hybridized carbons (Fsp3) is 0.500. The van der Waals surface area contributed by atoms with Crippen molar-refractivity contribution in [2.75, 3.05) is 21.2 Å². The highest BCUT2D eigenvalue weighted by Crippen LogP contribution is 2.22. The highest BCUT2D eigenvalue weighted by Gasteiger charge is 2.23. The maximum absolute atomic E-state index is 11.7. The molecule has 0 amide bonds. The van der Waals surface area contributed by atoms with Gasteiger partial charge in [0.2, 0.25) is 0 Å². The average molecular weight is 235 g/mol. The van der Waals surface area contributed by atoms with E-state index in [1.165, 1.54) is 12.7 Å². The van der Waals surface area contributed by atoms with E-state index in [4.69, 9.17) is 4.74 Å². The molecule has 1 aromatic rings. The van der Waals surface area contributed by atoms with Gasteiger partial charge in [0.25, 0.3) is 0 Å². The molecular weight excluding hydrogens is 214 g/mol. The van der Waals surface area contributed by atoms with E-state index in [9.17, 15) is 4.79 Å². The van der Waals surface area contributed by atoms with E-state index in [1.54, 1.807) is 0 Å². The number of carbonyl (C=O) groups excluding carboxylic acids is 1. The average Bonchev–Trinajstić information content (AvgIpc) is 2.29. The lowest BCUT2D eigenvalue weighted by molar-refractivity contribution is -0.146. The van der Waals surface area contributed by atoms with Gasteiger partial charge in [-0.15, -0.1) is 0 Å². The fourth-order valence-electron chi connectivity index (χ4n) is 1.82. The van der Waals surface area contributed by atoms with Crippen molar-refractivity contribution in [3.8, 4) is 0 Å². The molecule has 0 spiro atoms.